The van der Waals surface area contributed by atoms with E-state index in [0.717, 1.165) is 25.0 Å². The second kappa shape index (κ2) is 8.05. The molecule has 2 heterocycles. The van der Waals surface area contributed by atoms with Crippen molar-refractivity contribution < 1.29 is 9.52 Å². The van der Waals surface area contributed by atoms with Gasteiger partial charge in [0.1, 0.15) is 11.4 Å². The zero-order valence-electron chi connectivity index (χ0n) is 14.7. The molecule has 1 aliphatic heterocycles. The minimum absolute atomic E-state index is 0. The van der Waals surface area contributed by atoms with Gasteiger partial charge in [-0.15, -0.1) is 24.0 Å². The van der Waals surface area contributed by atoms with Crippen LogP contribution in [0.15, 0.2) is 27.8 Å². The van der Waals surface area contributed by atoms with E-state index in [4.69, 9.17) is 4.42 Å². The van der Waals surface area contributed by atoms with Gasteiger partial charge in [0.15, 0.2) is 5.96 Å². The average Bonchev–Trinajstić information content (AvgIpc) is 3.06. The lowest BCUT2D eigenvalue weighted by molar-refractivity contribution is 0.0385. The molecular weight excluding hydrogens is 419 g/mol. The summed E-state index contributed by atoms with van der Waals surface area (Å²) in [6.45, 7) is 5.45. The van der Waals surface area contributed by atoms with Gasteiger partial charge in [0.25, 0.3) is 0 Å². The Kier molecular flexibility index (Phi) is 6.55. The van der Waals surface area contributed by atoms with Crippen molar-refractivity contribution in [2.24, 2.45) is 4.99 Å². The molecule has 0 amide bonds. The zero-order chi connectivity index (χ0) is 16.4. The van der Waals surface area contributed by atoms with Gasteiger partial charge in [0, 0.05) is 31.7 Å². The van der Waals surface area contributed by atoms with E-state index in [-0.39, 0.29) is 24.0 Å². The van der Waals surface area contributed by atoms with Crippen LogP contribution in [0.2, 0.25) is 0 Å². The molecule has 1 aliphatic carbocycles. The summed E-state index contributed by atoms with van der Waals surface area (Å²) in [6.07, 6.45) is 5.39. The Hall–Kier alpha value is -0.800. The van der Waals surface area contributed by atoms with Gasteiger partial charge in [-0.1, -0.05) is 0 Å². The highest BCUT2D eigenvalue weighted by Crippen LogP contribution is 2.33. The zero-order valence-corrected chi connectivity index (χ0v) is 17.0. The Labute approximate surface area is 161 Å². The van der Waals surface area contributed by atoms with E-state index < -0.39 is 5.60 Å². The Morgan fingerprint density at radius 2 is 2.25 bits per heavy atom. The molecule has 3 atom stereocenters. The Morgan fingerprint density at radius 3 is 2.83 bits per heavy atom. The van der Waals surface area contributed by atoms with Crippen LogP contribution in [-0.4, -0.2) is 54.2 Å². The molecule has 3 N–H and O–H groups in total. The molecule has 0 bridgehead atoms. The molecule has 0 aromatic carbocycles. The number of hydrogen-bond acceptors (Lipinski definition) is 4. The number of aliphatic hydroxyl groups is 1. The lowest BCUT2D eigenvalue weighted by Gasteiger charge is -2.24. The van der Waals surface area contributed by atoms with E-state index in [9.17, 15) is 5.11 Å². The molecule has 24 heavy (non-hydrogen) atoms. The SMILES string of the molecule is CN=C(NCC(C)(O)c1ccco1)NC1CC(C)N(C2CC2)C1.I. The molecule has 1 saturated heterocycles. The summed E-state index contributed by atoms with van der Waals surface area (Å²) in [7, 11) is 1.76. The van der Waals surface area contributed by atoms with Gasteiger partial charge in [0.2, 0.25) is 0 Å². The van der Waals surface area contributed by atoms with Crippen LogP contribution >= 0.6 is 24.0 Å². The predicted octanol–water partition coefficient (Wildman–Crippen LogP) is 1.90. The highest BCUT2D eigenvalue weighted by atomic mass is 127. The van der Waals surface area contributed by atoms with Crippen molar-refractivity contribution in [1.82, 2.24) is 15.5 Å². The van der Waals surface area contributed by atoms with Crippen molar-refractivity contribution >= 4 is 29.9 Å². The number of halogens is 1. The van der Waals surface area contributed by atoms with Crippen molar-refractivity contribution in [3.05, 3.63) is 24.2 Å². The molecule has 3 rings (SSSR count). The van der Waals surface area contributed by atoms with Gasteiger partial charge in [-0.05, 0) is 45.2 Å². The highest BCUT2D eigenvalue weighted by Gasteiger charge is 2.39. The maximum absolute atomic E-state index is 10.5. The summed E-state index contributed by atoms with van der Waals surface area (Å²) in [6, 6.07) is 5.40. The average molecular weight is 448 g/mol. The van der Waals surface area contributed by atoms with Crippen LogP contribution in [0.5, 0.6) is 0 Å². The number of furan rings is 1. The molecule has 1 aromatic heterocycles. The quantitative estimate of drug-likeness (QED) is 0.365. The molecule has 3 unspecified atom stereocenters. The van der Waals surface area contributed by atoms with E-state index in [1.165, 1.54) is 12.8 Å². The minimum Gasteiger partial charge on any atom is -0.466 e. The maximum atomic E-state index is 10.5. The number of nitrogens with zero attached hydrogens (tertiary/aromatic N) is 2. The summed E-state index contributed by atoms with van der Waals surface area (Å²) in [5.41, 5.74) is -1.07. The number of rotatable bonds is 5. The Morgan fingerprint density at radius 1 is 1.50 bits per heavy atom. The van der Waals surface area contributed by atoms with Crippen molar-refractivity contribution in [1.29, 1.82) is 0 Å². The lowest BCUT2D eigenvalue weighted by atomic mass is 10.0. The van der Waals surface area contributed by atoms with Gasteiger partial charge >= 0.3 is 0 Å². The van der Waals surface area contributed by atoms with Gasteiger partial charge in [0.05, 0.1) is 12.8 Å². The van der Waals surface area contributed by atoms with Crippen LogP contribution in [0, 0.1) is 0 Å². The summed E-state index contributed by atoms with van der Waals surface area (Å²) in [4.78, 5) is 6.88. The lowest BCUT2D eigenvalue weighted by Crippen LogP contribution is -2.48. The van der Waals surface area contributed by atoms with Gasteiger partial charge in [-0.2, -0.15) is 0 Å². The van der Waals surface area contributed by atoms with Gasteiger partial charge < -0.3 is 20.2 Å². The van der Waals surface area contributed by atoms with Crippen LogP contribution in [0.1, 0.15) is 38.9 Å². The normalized spacial score (nSPS) is 27.4. The van der Waals surface area contributed by atoms with E-state index in [1.807, 2.05) is 0 Å². The van der Waals surface area contributed by atoms with Crippen LogP contribution in [0.25, 0.3) is 0 Å². The fourth-order valence-electron chi connectivity index (χ4n) is 3.39. The second-order valence-electron chi connectivity index (χ2n) is 7.03. The van der Waals surface area contributed by atoms with Crippen molar-refractivity contribution in [3.63, 3.8) is 0 Å². The molecule has 1 aromatic rings. The summed E-state index contributed by atoms with van der Waals surface area (Å²) in [5.74, 6) is 1.28. The molecule has 2 aliphatic rings. The van der Waals surface area contributed by atoms with Crippen molar-refractivity contribution in [2.75, 3.05) is 20.1 Å². The maximum Gasteiger partial charge on any atom is 0.191 e. The standard InChI is InChI=1S/C17H28N4O2.HI/c1-12-9-13(10-21(12)14-6-7-14)20-16(18-3)19-11-17(2,22)15-5-4-8-23-15;/h4-5,8,12-14,22H,6-7,9-11H2,1-3H3,(H2,18,19,20);1H. The van der Waals surface area contributed by atoms with Gasteiger partial charge in [-0.3, -0.25) is 9.89 Å². The highest BCUT2D eigenvalue weighted by molar-refractivity contribution is 14.0. The molecule has 0 spiro atoms. The Balaban J connectivity index is 0.00000208. The third kappa shape index (κ3) is 4.64. The number of guanidine groups is 1. The molecule has 7 heteroatoms. The smallest absolute Gasteiger partial charge is 0.191 e. The fourth-order valence-corrected chi connectivity index (χ4v) is 3.39. The predicted molar refractivity (Wildman–Crippen MR) is 106 cm³/mol. The number of aliphatic imine (C=N–C) groups is 1. The molecule has 0 radical (unpaired) electrons. The number of hydrogen-bond donors (Lipinski definition) is 3. The van der Waals surface area contributed by atoms with Crippen LogP contribution < -0.4 is 10.6 Å². The first-order valence-electron chi connectivity index (χ1n) is 8.49. The summed E-state index contributed by atoms with van der Waals surface area (Å²) in [5, 5.41) is 17.2. The number of likely N-dealkylation sites (tertiary alicyclic amines) is 1. The monoisotopic (exact) mass is 448 g/mol. The Bertz CT molecular complexity index is 543. The van der Waals surface area contributed by atoms with Crippen molar-refractivity contribution in [3.8, 4) is 0 Å². The summed E-state index contributed by atoms with van der Waals surface area (Å²) < 4.78 is 5.30. The van der Waals surface area contributed by atoms with E-state index in [2.05, 4.69) is 27.4 Å². The minimum atomic E-state index is -1.07. The first kappa shape index (κ1) is 19.5. The van der Waals surface area contributed by atoms with E-state index >= 15 is 0 Å². The molecule has 2 fully saturated rings. The van der Waals surface area contributed by atoms with E-state index in [1.54, 1.807) is 32.4 Å². The molecule has 1 saturated carbocycles. The second-order valence-corrected chi connectivity index (χ2v) is 7.03. The summed E-state index contributed by atoms with van der Waals surface area (Å²) >= 11 is 0. The van der Waals surface area contributed by atoms with Crippen molar-refractivity contribution in [2.45, 2.75) is 56.8 Å². The van der Waals surface area contributed by atoms with Crippen LogP contribution in [0.3, 0.4) is 0 Å². The largest absolute Gasteiger partial charge is 0.466 e. The van der Waals surface area contributed by atoms with Gasteiger partial charge in [-0.25, -0.2) is 0 Å². The third-order valence-corrected chi connectivity index (χ3v) is 4.86. The first-order valence-corrected chi connectivity index (χ1v) is 8.49. The molecule has 6 nitrogen and oxygen atoms in total. The first-order chi connectivity index (χ1) is 11.0. The van der Waals surface area contributed by atoms with Crippen LogP contribution in [-0.2, 0) is 5.60 Å². The number of nitrogens with one attached hydrogen (secondary N) is 2. The van der Waals surface area contributed by atoms with Crippen LogP contribution in [0.4, 0.5) is 0 Å². The molecule has 136 valence electrons. The topological polar surface area (TPSA) is 73.0 Å². The third-order valence-electron chi connectivity index (χ3n) is 4.86. The molecular formula is C17H29IN4O2. The fraction of sp³-hybridized carbons (Fsp3) is 0.706. The van der Waals surface area contributed by atoms with E-state index in [0.29, 0.717) is 24.4 Å².